The summed E-state index contributed by atoms with van der Waals surface area (Å²) in [6, 6.07) is -0.00799. The van der Waals surface area contributed by atoms with Crippen LogP contribution in [0.25, 0.3) is 0 Å². The standard InChI is InChI=1S/C13H26N4/c1-10(2)12(14)11-9-17(16-15-11)8-6-7-13(3,4)5/h9-10,12H,6-8,14H2,1-5H3. The zero-order valence-corrected chi connectivity index (χ0v) is 11.8. The molecule has 0 spiro atoms. The van der Waals surface area contributed by atoms with Gasteiger partial charge in [-0.1, -0.05) is 39.8 Å². The third kappa shape index (κ3) is 4.86. The third-order valence-electron chi connectivity index (χ3n) is 2.93. The van der Waals surface area contributed by atoms with E-state index in [0.29, 0.717) is 11.3 Å². The molecule has 0 amide bonds. The average Bonchev–Trinajstić information content (AvgIpc) is 2.63. The minimum Gasteiger partial charge on any atom is -0.322 e. The highest BCUT2D eigenvalue weighted by Crippen LogP contribution is 2.21. The van der Waals surface area contributed by atoms with E-state index in [1.807, 2.05) is 10.9 Å². The molecule has 0 aromatic carbocycles. The molecule has 1 aromatic rings. The zero-order chi connectivity index (χ0) is 13.1. The Kier molecular flexibility index (Phi) is 4.69. The summed E-state index contributed by atoms with van der Waals surface area (Å²) < 4.78 is 1.91. The molecule has 0 aliphatic carbocycles. The fourth-order valence-corrected chi connectivity index (χ4v) is 1.69. The summed E-state index contributed by atoms with van der Waals surface area (Å²) in [6.07, 6.45) is 4.30. The van der Waals surface area contributed by atoms with Gasteiger partial charge in [-0.3, -0.25) is 4.68 Å². The Morgan fingerprint density at radius 3 is 2.53 bits per heavy atom. The Labute approximate surface area is 105 Å². The van der Waals surface area contributed by atoms with Gasteiger partial charge in [-0.25, -0.2) is 0 Å². The van der Waals surface area contributed by atoms with Crippen LogP contribution in [-0.2, 0) is 6.54 Å². The summed E-state index contributed by atoms with van der Waals surface area (Å²) in [5.74, 6) is 0.398. The van der Waals surface area contributed by atoms with Gasteiger partial charge in [-0.05, 0) is 24.2 Å². The van der Waals surface area contributed by atoms with Crippen molar-refractivity contribution >= 4 is 0 Å². The van der Waals surface area contributed by atoms with Gasteiger partial charge in [0.25, 0.3) is 0 Å². The van der Waals surface area contributed by atoms with Gasteiger partial charge in [0.15, 0.2) is 0 Å². The monoisotopic (exact) mass is 238 g/mol. The van der Waals surface area contributed by atoms with Crippen LogP contribution in [-0.4, -0.2) is 15.0 Å². The summed E-state index contributed by atoms with van der Waals surface area (Å²) in [5, 5.41) is 8.27. The van der Waals surface area contributed by atoms with Gasteiger partial charge in [-0.2, -0.15) is 0 Å². The fraction of sp³-hybridized carbons (Fsp3) is 0.846. The first-order valence-corrected chi connectivity index (χ1v) is 6.45. The molecule has 0 aliphatic heterocycles. The van der Waals surface area contributed by atoms with E-state index in [2.05, 4.69) is 44.9 Å². The third-order valence-corrected chi connectivity index (χ3v) is 2.93. The maximum atomic E-state index is 6.03. The molecular formula is C13H26N4. The predicted molar refractivity (Wildman–Crippen MR) is 70.5 cm³/mol. The van der Waals surface area contributed by atoms with Gasteiger partial charge >= 0.3 is 0 Å². The molecule has 1 rings (SSSR count). The smallest absolute Gasteiger partial charge is 0.0996 e. The van der Waals surface area contributed by atoms with Gasteiger partial charge in [-0.15, -0.1) is 5.10 Å². The lowest BCUT2D eigenvalue weighted by molar-refractivity contribution is 0.347. The first-order valence-electron chi connectivity index (χ1n) is 6.45. The van der Waals surface area contributed by atoms with E-state index in [0.717, 1.165) is 18.7 Å². The number of nitrogens with two attached hydrogens (primary N) is 1. The lowest BCUT2D eigenvalue weighted by atomic mass is 9.91. The fourth-order valence-electron chi connectivity index (χ4n) is 1.69. The van der Waals surface area contributed by atoms with Crippen molar-refractivity contribution in [1.29, 1.82) is 0 Å². The Balaban J connectivity index is 2.46. The Morgan fingerprint density at radius 1 is 1.35 bits per heavy atom. The lowest BCUT2D eigenvalue weighted by Gasteiger charge is -2.17. The van der Waals surface area contributed by atoms with Gasteiger partial charge in [0.2, 0.25) is 0 Å². The molecule has 1 unspecified atom stereocenters. The maximum Gasteiger partial charge on any atom is 0.0996 e. The molecular weight excluding hydrogens is 212 g/mol. The zero-order valence-electron chi connectivity index (χ0n) is 11.8. The first kappa shape index (κ1) is 14.2. The second-order valence-corrected chi connectivity index (χ2v) is 6.34. The second kappa shape index (κ2) is 5.63. The molecule has 0 aliphatic rings. The summed E-state index contributed by atoms with van der Waals surface area (Å²) in [4.78, 5) is 0. The minimum atomic E-state index is -0.00799. The van der Waals surface area contributed by atoms with Crippen LogP contribution in [0.1, 0.15) is 59.2 Å². The quantitative estimate of drug-likeness (QED) is 0.858. The van der Waals surface area contributed by atoms with Crippen LogP contribution in [0.4, 0.5) is 0 Å². The molecule has 98 valence electrons. The van der Waals surface area contributed by atoms with Crippen LogP contribution in [0.15, 0.2) is 6.20 Å². The van der Waals surface area contributed by atoms with E-state index in [4.69, 9.17) is 5.73 Å². The van der Waals surface area contributed by atoms with Crippen LogP contribution >= 0.6 is 0 Å². The van der Waals surface area contributed by atoms with Crippen molar-refractivity contribution in [2.45, 2.75) is 60.0 Å². The number of aromatic nitrogens is 3. The van der Waals surface area contributed by atoms with Crippen molar-refractivity contribution < 1.29 is 0 Å². The van der Waals surface area contributed by atoms with E-state index in [1.54, 1.807) is 0 Å². The van der Waals surface area contributed by atoms with Gasteiger partial charge in [0, 0.05) is 6.54 Å². The van der Waals surface area contributed by atoms with E-state index in [-0.39, 0.29) is 6.04 Å². The Morgan fingerprint density at radius 2 is 2.00 bits per heavy atom. The molecule has 0 fully saturated rings. The molecule has 1 heterocycles. The van der Waals surface area contributed by atoms with Gasteiger partial charge < -0.3 is 5.73 Å². The van der Waals surface area contributed by atoms with E-state index in [1.165, 1.54) is 6.42 Å². The van der Waals surface area contributed by atoms with Crippen LogP contribution in [0.2, 0.25) is 0 Å². The average molecular weight is 238 g/mol. The Hall–Kier alpha value is -0.900. The molecule has 17 heavy (non-hydrogen) atoms. The van der Waals surface area contributed by atoms with Crippen molar-refractivity contribution in [3.63, 3.8) is 0 Å². The van der Waals surface area contributed by atoms with Crippen molar-refractivity contribution in [2.24, 2.45) is 17.1 Å². The minimum absolute atomic E-state index is 0.00799. The first-order chi connectivity index (χ1) is 7.79. The second-order valence-electron chi connectivity index (χ2n) is 6.34. The van der Waals surface area contributed by atoms with Crippen molar-refractivity contribution in [1.82, 2.24) is 15.0 Å². The molecule has 2 N–H and O–H groups in total. The summed E-state index contributed by atoms with van der Waals surface area (Å²) in [5.41, 5.74) is 7.32. The molecule has 1 aromatic heterocycles. The largest absolute Gasteiger partial charge is 0.322 e. The molecule has 0 saturated heterocycles. The number of hydrogen-bond donors (Lipinski definition) is 1. The van der Waals surface area contributed by atoms with Crippen molar-refractivity contribution in [3.8, 4) is 0 Å². The number of nitrogens with zero attached hydrogens (tertiary/aromatic N) is 3. The SMILES string of the molecule is CC(C)C(N)c1cn(CCCC(C)(C)C)nn1. The highest BCUT2D eigenvalue weighted by atomic mass is 15.4. The van der Waals surface area contributed by atoms with E-state index >= 15 is 0 Å². The topological polar surface area (TPSA) is 56.7 Å². The van der Waals surface area contributed by atoms with Crippen LogP contribution in [0, 0.1) is 11.3 Å². The van der Waals surface area contributed by atoms with Crippen molar-refractivity contribution in [2.75, 3.05) is 0 Å². The summed E-state index contributed by atoms with van der Waals surface area (Å²) in [6.45, 7) is 11.9. The Bertz CT molecular complexity index is 335. The van der Waals surface area contributed by atoms with Crippen LogP contribution in [0.3, 0.4) is 0 Å². The van der Waals surface area contributed by atoms with E-state index < -0.39 is 0 Å². The lowest BCUT2D eigenvalue weighted by Crippen LogP contribution is -2.17. The molecule has 4 heteroatoms. The summed E-state index contributed by atoms with van der Waals surface area (Å²) >= 11 is 0. The van der Waals surface area contributed by atoms with Gasteiger partial charge in [0.05, 0.1) is 17.9 Å². The molecule has 0 bridgehead atoms. The van der Waals surface area contributed by atoms with Crippen LogP contribution < -0.4 is 5.73 Å². The predicted octanol–water partition coefficient (Wildman–Crippen LogP) is 2.76. The molecule has 4 nitrogen and oxygen atoms in total. The van der Waals surface area contributed by atoms with Crippen LogP contribution in [0.5, 0.6) is 0 Å². The normalized spacial score (nSPS) is 14.3. The maximum absolute atomic E-state index is 6.03. The van der Waals surface area contributed by atoms with Crippen molar-refractivity contribution in [3.05, 3.63) is 11.9 Å². The van der Waals surface area contributed by atoms with Gasteiger partial charge in [0.1, 0.15) is 0 Å². The summed E-state index contributed by atoms with van der Waals surface area (Å²) in [7, 11) is 0. The number of hydrogen-bond acceptors (Lipinski definition) is 3. The molecule has 0 radical (unpaired) electrons. The number of rotatable bonds is 5. The van der Waals surface area contributed by atoms with E-state index in [9.17, 15) is 0 Å². The number of aryl methyl sites for hydroxylation is 1. The highest BCUT2D eigenvalue weighted by Gasteiger charge is 2.14. The highest BCUT2D eigenvalue weighted by molar-refractivity contribution is 5.00. The molecule has 1 atom stereocenters. The molecule has 0 saturated carbocycles.